The van der Waals surface area contributed by atoms with Crippen molar-refractivity contribution < 1.29 is 0 Å². The first-order valence-electron chi connectivity index (χ1n) is 16.3. The molecule has 0 fully saturated rings. The van der Waals surface area contributed by atoms with Crippen LogP contribution < -0.4 is 0 Å². The van der Waals surface area contributed by atoms with Crippen LogP contribution >= 0.6 is 11.8 Å². The van der Waals surface area contributed by atoms with Crippen molar-refractivity contribution in [3.8, 4) is 33.4 Å². The van der Waals surface area contributed by atoms with Crippen molar-refractivity contribution >= 4 is 59.9 Å². The molecule has 8 aromatic carbocycles. The highest BCUT2D eigenvalue weighted by molar-refractivity contribution is 8.15. The number of hydrogen-bond donors (Lipinski definition) is 0. The Hall–Kier alpha value is -5.18. The number of nitrogens with zero attached hydrogens (tertiary/aromatic N) is 1. The quantitative estimate of drug-likeness (QED) is 0.179. The van der Waals surface area contributed by atoms with Crippen LogP contribution in [0.5, 0.6) is 0 Å². The van der Waals surface area contributed by atoms with Crippen LogP contribution in [0.2, 0.25) is 0 Å². The number of hydrogen-bond acceptors (Lipinski definition) is 2. The van der Waals surface area contributed by atoms with Gasteiger partial charge in [-0.05, 0) is 109 Å². The second-order valence-electron chi connectivity index (χ2n) is 13.2. The van der Waals surface area contributed by atoms with Gasteiger partial charge in [-0.15, -0.1) is 0 Å². The fraction of sp³-hybridized carbons (Fsp3) is 0.0889. The third-order valence-electron chi connectivity index (χ3n) is 9.54. The number of rotatable bonds is 4. The van der Waals surface area contributed by atoms with Crippen LogP contribution in [-0.4, -0.2) is 16.3 Å². The third-order valence-corrected chi connectivity index (χ3v) is 10.8. The molecule has 0 saturated heterocycles. The van der Waals surface area contributed by atoms with Crippen LogP contribution in [0.3, 0.4) is 0 Å². The minimum absolute atomic E-state index is 0.164. The van der Waals surface area contributed by atoms with Gasteiger partial charge in [0.05, 0.1) is 11.6 Å². The molecule has 8 aromatic rings. The summed E-state index contributed by atoms with van der Waals surface area (Å²) >= 11 is 1.88. The molecule has 0 bridgehead atoms. The van der Waals surface area contributed by atoms with Gasteiger partial charge in [0.15, 0.2) is 0 Å². The van der Waals surface area contributed by atoms with Crippen LogP contribution in [0.1, 0.15) is 19.4 Å². The molecule has 0 saturated carbocycles. The molecule has 47 heavy (non-hydrogen) atoms. The van der Waals surface area contributed by atoms with Gasteiger partial charge in [-0.1, -0.05) is 145 Å². The van der Waals surface area contributed by atoms with Crippen LogP contribution in [0.15, 0.2) is 157 Å². The Bertz CT molecular complexity index is 2540. The van der Waals surface area contributed by atoms with Gasteiger partial charge in [0.2, 0.25) is 0 Å². The molecule has 0 N–H and O–H groups in total. The fourth-order valence-electron chi connectivity index (χ4n) is 7.21. The maximum atomic E-state index is 4.83. The van der Waals surface area contributed by atoms with Crippen LogP contribution in [0.25, 0.3) is 76.5 Å². The highest BCUT2D eigenvalue weighted by Gasteiger charge is 2.27. The van der Waals surface area contributed by atoms with Gasteiger partial charge >= 0.3 is 0 Å². The van der Waals surface area contributed by atoms with E-state index in [0.29, 0.717) is 0 Å². The Morgan fingerprint density at radius 3 is 1.47 bits per heavy atom. The summed E-state index contributed by atoms with van der Waals surface area (Å²) < 4.78 is 0.164. The van der Waals surface area contributed by atoms with E-state index >= 15 is 0 Å². The average Bonchev–Trinajstić information content (AvgIpc) is 3.49. The molecule has 1 aliphatic heterocycles. The van der Waals surface area contributed by atoms with Crippen molar-refractivity contribution in [2.75, 3.05) is 6.54 Å². The average molecular weight is 620 g/mol. The van der Waals surface area contributed by atoms with Gasteiger partial charge in [0.1, 0.15) is 0 Å². The third kappa shape index (κ3) is 4.92. The zero-order valence-corrected chi connectivity index (χ0v) is 27.3. The van der Waals surface area contributed by atoms with Crippen molar-refractivity contribution in [1.82, 2.24) is 0 Å². The summed E-state index contributed by atoms with van der Waals surface area (Å²) in [6.07, 6.45) is 0. The van der Waals surface area contributed by atoms with Crippen molar-refractivity contribution in [1.29, 1.82) is 0 Å². The number of fused-ring (bicyclic) bond motifs is 4. The van der Waals surface area contributed by atoms with E-state index in [-0.39, 0.29) is 4.75 Å². The zero-order valence-electron chi connectivity index (χ0n) is 26.5. The molecular weight excluding hydrogens is 587 g/mol. The molecule has 2 heteroatoms. The molecule has 1 aliphatic rings. The standard InChI is InChI=1S/C45H33NS/c1-45(2)28-46-44(47-45)32-19-15-31(16-20-32)35-23-24-40-41(27-35)43(37-22-18-30-10-4-6-12-34(30)26-37)39-14-8-7-13-38(39)42(40)36-21-17-29-9-3-5-11-33(29)25-36/h3-27H,28H2,1-2H3. The van der Waals surface area contributed by atoms with E-state index < -0.39 is 0 Å². The molecule has 1 heterocycles. The van der Waals surface area contributed by atoms with Crippen LogP contribution in [-0.2, 0) is 0 Å². The van der Waals surface area contributed by atoms with E-state index in [2.05, 4.69) is 166 Å². The summed E-state index contributed by atoms with van der Waals surface area (Å²) in [6.45, 7) is 5.39. The molecule has 0 amide bonds. The molecule has 0 atom stereocenters. The lowest BCUT2D eigenvalue weighted by molar-refractivity contribution is 0.741. The minimum Gasteiger partial charge on any atom is -0.276 e. The summed E-state index contributed by atoms with van der Waals surface area (Å²) in [5, 5.41) is 11.2. The van der Waals surface area contributed by atoms with Gasteiger partial charge in [-0.3, -0.25) is 4.99 Å². The van der Waals surface area contributed by atoms with Crippen LogP contribution in [0.4, 0.5) is 0 Å². The second kappa shape index (κ2) is 11.0. The molecule has 0 radical (unpaired) electrons. The number of aliphatic imine (C=N–C) groups is 1. The first-order chi connectivity index (χ1) is 23.0. The van der Waals surface area contributed by atoms with E-state index in [1.54, 1.807) is 0 Å². The van der Waals surface area contributed by atoms with E-state index in [9.17, 15) is 0 Å². The molecule has 0 spiro atoms. The Kier molecular flexibility index (Phi) is 6.55. The van der Waals surface area contributed by atoms with E-state index in [4.69, 9.17) is 4.99 Å². The predicted octanol–water partition coefficient (Wildman–Crippen LogP) is 12.6. The maximum Gasteiger partial charge on any atom is 0.0983 e. The highest BCUT2D eigenvalue weighted by atomic mass is 32.2. The van der Waals surface area contributed by atoms with Crippen molar-refractivity contribution in [2.24, 2.45) is 4.99 Å². The predicted molar refractivity (Wildman–Crippen MR) is 206 cm³/mol. The van der Waals surface area contributed by atoms with Gasteiger partial charge in [0.25, 0.3) is 0 Å². The summed E-state index contributed by atoms with van der Waals surface area (Å²) in [4.78, 5) is 4.83. The maximum absolute atomic E-state index is 4.83. The SMILES string of the molecule is CC1(C)CN=C(c2ccc(-c3ccc4c(-c5ccc6ccccc6c5)c5ccccc5c(-c5ccc6ccccc6c5)c4c3)cc2)S1. The first kappa shape index (κ1) is 28.1. The molecule has 0 unspecified atom stereocenters. The van der Waals surface area contributed by atoms with Gasteiger partial charge in [0, 0.05) is 10.3 Å². The summed E-state index contributed by atoms with van der Waals surface area (Å²) in [5.74, 6) is 0. The molecule has 1 nitrogen and oxygen atoms in total. The minimum atomic E-state index is 0.164. The monoisotopic (exact) mass is 619 g/mol. The Morgan fingerprint density at radius 1 is 0.426 bits per heavy atom. The number of thioether (sulfide) groups is 1. The number of benzene rings is 8. The Morgan fingerprint density at radius 2 is 0.894 bits per heavy atom. The van der Waals surface area contributed by atoms with E-state index in [1.807, 2.05) is 11.8 Å². The van der Waals surface area contributed by atoms with Crippen molar-refractivity contribution in [2.45, 2.75) is 18.6 Å². The zero-order chi connectivity index (χ0) is 31.5. The smallest absolute Gasteiger partial charge is 0.0983 e. The van der Waals surface area contributed by atoms with E-state index in [1.165, 1.54) is 82.0 Å². The molecule has 224 valence electrons. The lowest BCUT2D eigenvalue weighted by Crippen LogP contribution is -2.14. The molecule has 9 rings (SSSR count). The van der Waals surface area contributed by atoms with E-state index in [0.717, 1.165) is 11.6 Å². The molecular formula is C45H33NS. The summed E-state index contributed by atoms with van der Waals surface area (Å²) in [7, 11) is 0. The summed E-state index contributed by atoms with van der Waals surface area (Å²) in [5.41, 5.74) is 8.67. The summed E-state index contributed by atoms with van der Waals surface area (Å²) in [6, 6.07) is 56.1. The largest absolute Gasteiger partial charge is 0.276 e. The lowest BCUT2D eigenvalue weighted by atomic mass is 9.84. The molecule has 0 aliphatic carbocycles. The Labute approximate surface area is 279 Å². The lowest BCUT2D eigenvalue weighted by Gasteiger charge is -2.19. The second-order valence-corrected chi connectivity index (χ2v) is 14.9. The normalized spacial score (nSPS) is 14.3. The molecule has 0 aromatic heterocycles. The van der Waals surface area contributed by atoms with Crippen LogP contribution in [0, 0.1) is 0 Å². The first-order valence-corrected chi connectivity index (χ1v) is 17.1. The van der Waals surface area contributed by atoms with Crippen molar-refractivity contribution in [3.63, 3.8) is 0 Å². The highest BCUT2D eigenvalue weighted by Crippen LogP contribution is 2.46. The topological polar surface area (TPSA) is 12.4 Å². The fourth-order valence-corrected chi connectivity index (χ4v) is 8.25. The van der Waals surface area contributed by atoms with Gasteiger partial charge in [-0.2, -0.15) is 0 Å². The van der Waals surface area contributed by atoms with Crippen molar-refractivity contribution in [3.05, 3.63) is 157 Å². The Balaban J connectivity index is 1.30. The van der Waals surface area contributed by atoms with Gasteiger partial charge in [-0.25, -0.2) is 0 Å². The van der Waals surface area contributed by atoms with Gasteiger partial charge < -0.3 is 0 Å².